The summed E-state index contributed by atoms with van der Waals surface area (Å²) in [5.41, 5.74) is 5.59. The Labute approximate surface area is 120 Å². The van der Waals surface area contributed by atoms with E-state index in [0.717, 1.165) is 6.42 Å². The molecule has 1 unspecified atom stereocenters. The first-order valence-corrected chi connectivity index (χ1v) is 5.42. The summed E-state index contributed by atoms with van der Waals surface area (Å²) in [6.07, 6.45) is 0.955. The number of nitrogens with one attached hydrogen (secondary N) is 2. The van der Waals surface area contributed by atoms with E-state index < -0.39 is 0 Å². The molecular weight excluding hydrogens is 335 g/mol. The molecule has 0 saturated carbocycles. The molecule has 0 bridgehead atoms. The largest absolute Gasteiger partial charge is 0.383 e. The summed E-state index contributed by atoms with van der Waals surface area (Å²) in [5, 5.41) is 5.63. The van der Waals surface area contributed by atoms with E-state index in [4.69, 9.17) is 10.5 Å². The number of aliphatic imine (C=N–C) groups is 1. The summed E-state index contributed by atoms with van der Waals surface area (Å²) in [4.78, 5) is 15.1. The molecule has 4 N–H and O–H groups in total. The summed E-state index contributed by atoms with van der Waals surface area (Å²) in [6.45, 7) is 5.07. The lowest BCUT2D eigenvalue weighted by Crippen LogP contribution is -2.39. The lowest BCUT2D eigenvalue weighted by atomic mass is 10.3. The predicted molar refractivity (Wildman–Crippen MR) is 79.7 cm³/mol. The van der Waals surface area contributed by atoms with E-state index in [-0.39, 0.29) is 42.5 Å². The minimum atomic E-state index is -0.161. The SMILES string of the molecule is CCC(C)NC(N)=NCC(=O)NCCOC.I. The van der Waals surface area contributed by atoms with Gasteiger partial charge in [-0.3, -0.25) is 4.79 Å². The van der Waals surface area contributed by atoms with Crippen LogP contribution in [0, 0.1) is 0 Å². The summed E-state index contributed by atoms with van der Waals surface area (Å²) < 4.78 is 4.80. The second kappa shape index (κ2) is 11.9. The number of ether oxygens (including phenoxy) is 1. The zero-order valence-electron chi connectivity index (χ0n) is 10.7. The summed E-state index contributed by atoms with van der Waals surface area (Å²) >= 11 is 0. The zero-order valence-corrected chi connectivity index (χ0v) is 13.0. The Hall–Kier alpha value is -0.570. The average molecular weight is 358 g/mol. The van der Waals surface area contributed by atoms with Crippen LogP contribution in [0.4, 0.5) is 0 Å². The lowest BCUT2D eigenvalue weighted by Gasteiger charge is -2.11. The van der Waals surface area contributed by atoms with Crippen molar-refractivity contribution in [1.82, 2.24) is 10.6 Å². The highest BCUT2D eigenvalue weighted by atomic mass is 127. The van der Waals surface area contributed by atoms with Gasteiger partial charge < -0.3 is 21.1 Å². The van der Waals surface area contributed by atoms with Gasteiger partial charge in [-0.05, 0) is 13.3 Å². The first-order valence-electron chi connectivity index (χ1n) is 5.42. The Kier molecular flexibility index (Phi) is 13.2. The van der Waals surface area contributed by atoms with Crippen molar-refractivity contribution >= 4 is 35.8 Å². The molecular formula is C10H23IN4O2. The van der Waals surface area contributed by atoms with Crippen molar-refractivity contribution in [1.29, 1.82) is 0 Å². The maximum Gasteiger partial charge on any atom is 0.241 e. The van der Waals surface area contributed by atoms with Crippen molar-refractivity contribution in [3.8, 4) is 0 Å². The van der Waals surface area contributed by atoms with E-state index in [1.165, 1.54) is 0 Å². The van der Waals surface area contributed by atoms with E-state index in [0.29, 0.717) is 19.1 Å². The number of carbonyl (C=O) groups excluding carboxylic acids is 1. The van der Waals surface area contributed by atoms with Gasteiger partial charge in [-0.15, -0.1) is 24.0 Å². The van der Waals surface area contributed by atoms with E-state index in [2.05, 4.69) is 15.6 Å². The number of methoxy groups -OCH3 is 1. The van der Waals surface area contributed by atoms with Crippen LogP contribution >= 0.6 is 24.0 Å². The zero-order chi connectivity index (χ0) is 12.4. The molecule has 1 atom stereocenters. The Morgan fingerprint density at radius 1 is 1.53 bits per heavy atom. The Morgan fingerprint density at radius 3 is 2.71 bits per heavy atom. The van der Waals surface area contributed by atoms with Gasteiger partial charge in [0.15, 0.2) is 5.96 Å². The molecule has 6 nitrogen and oxygen atoms in total. The third-order valence-corrected chi connectivity index (χ3v) is 2.03. The number of guanidine groups is 1. The summed E-state index contributed by atoms with van der Waals surface area (Å²) in [6, 6.07) is 0.264. The van der Waals surface area contributed by atoms with Gasteiger partial charge in [-0.25, -0.2) is 4.99 Å². The van der Waals surface area contributed by atoms with Gasteiger partial charge in [-0.1, -0.05) is 6.92 Å². The molecule has 0 aromatic heterocycles. The Morgan fingerprint density at radius 2 is 2.18 bits per heavy atom. The standard InChI is InChI=1S/C10H22N4O2.HI/c1-4-8(2)14-10(11)13-7-9(15)12-5-6-16-3;/h8H,4-7H2,1-3H3,(H,12,15)(H3,11,13,14);1H. The van der Waals surface area contributed by atoms with E-state index in [1.807, 2.05) is 13.8 Å². The first-order chi connectivity index (χ1) is 7.60. The molecule has 1 amide bonds. The molecule has 0 heterocycles. The van der Waals surface area contributed by atoms with Gasteiger partial charge in [0.1, 0.15) is 6.54 Å². The van der Waals surface area contributed by atoms with Crippen molar-refractivity contribution in [2.45, 2.75) is 26.3 Å². The van der Waals surface area contributed by atoms with Crippen LogP contribution in [0.15, 0.2) is 4.99 Å². The maximum atomic E-state index is 11.2. The molecule has 0 aliphatic heterocycles. The molecule has 0 rings (SSSR count). The van der Waals surface area contributed by atoms with Crippen LogP contribution in [0.3, 0.4) is 0 Å². The molecule has 0 aromatic rings. The van der Waals surface area contributed by atoms with Crippen molar-refractivity contribution in [2.24, 2.45) is 10.7 Å². The van der Waals surface area contributed by atoms with Crippen LogP contribution in [-0.4, -0.2) is 44.7 Å². The predicted octanol–water partition coefficient (Wildman–Crippen LogP) is 0.0698. The number of nitrogens with two attached hydrogens (primary N) is 1. The Balaban J connectivity index is 0. The highest BCUT2D eigenvalue weighted by Gasteiger charge is 2.01. The first kappa shape index (κ1) is 18.8. The number of hydrogen-bond donors (Lipinski definition) is 3. The highest BCUT2D eigenvalue weighted by molar-refractivity contribution is 14.0. The van der Waals surface area contributed by atoms with Gasteiger partial charge in [0.2, 0.25) is 5.91 Å². The lowest BCUT2D eigenvalue weighted by molar-refractivity contribution is -0.119. The molecule has 0 fully saturated rings. The van der Waals surface area contributed by atoms with E-state index in [9.17, 15) is 4.79 Å². The third kappa shape index (κ3) is 11.7. The number of nitrogens with zero attached hydrogens (tertiary/aromatic N) is 1. The van der Waals surface area contributed by atoms with Crippen LogP contribution < -0.4 is 16.4 Å². The number of hydrogen-bond acceptors (Lipinski definition) is 3. The van der Waals surface area contributed by atoms with Gasteiger partial charge >= 0.3 is 0 Å². The smallest absolute Gasteiger partial charge is 0.241 e. The van der Waals surface area contributed by atoms with Crippen molar-refractivity contribution < 1.29 is 9.53 Å². The minimum absolute atomic E-state index is 0. The molecule has 0 radical (unpaired) electrons. The van der Waals surface area contributed by atoms with E-state index >= 15 is 0 Å². The van der Waals surface area contributed by atoms with Gasteiger partial charge in [-0.2, -0.15) is 0 Å². The highest BCUT2D eigenvalue weighted by Crippen LogP contribution is 1.86. The number of amides is 1. The number of carbonyl (C=O) groups is 1. The fourth-order valence-corrected chi connectivity index (χ4v) is 0.906. The van der Waals surface area contributed by atoms with Crippen LogP contribution in [0.5, 0.6) is 0 Å². The van der Waals surface area contributed by atoms with Crippen LogP contribution in [0.2, 0.25) is 0 Å². The maximum absolute atomic E-state index is 11.2. The fraction of sp³-hybridized carbons (Fsp3) is 0.800. The Bertz CT molecular complexity index is 236. The number of rotatable bonds is 7. The van der Waals surface area contributed by atoms with Crippen LogP contribution in [0.25, 0.3) is 0 Å². The third-order valence-electron chi connectivity index (χ3n) is 2.03. The average Bonchev–Trinajstić information content (AvgIpc) is 2.26. The molecule has 17 heavy (non-hydrogen) atoms. The van der Waals surface area contributed by atoms with Gasteiger partial charge in [0.25, 0.3) is 0 Å². The summed E-state index contributed by atoms with van der Waals surface area (Å²) in [7, 11) is 1.58. The quantitative estimate of drug-likeness (QED) is 0.260. The second-order valence-corrected chi connectivity index (χ2v) is 3.50. The normalized spacial score (nSPS) is 12.5. The van der Waals surface area contributed by atoms with E-state index in [1.54, 1.807) is 7.11 Å². The molecule has 0 aliphatic rings. The monoisotopic (exact) mass is 358 g/mol. The molecule has 7 heteroatoms. The number of halogens is 1. The minimum Gasteiger partial charge on any atom is -0.383 e. The topological polar surface area (TPSA) is 88.7 Å². The molecule has 0 spiro atoms. The molecule has 0 saturated heterocycles. The van der Waals surface area contributed by atoms with Crippen molar-refractivity contribution in [3.63, 3.8) is 0 Å². The van der Waals surface area contributed by atoms with Crippen LogP contribution in [0.1, 0.15) is 20.3 Å². The second-order valence-electron chi connectivity index (χ2n) is 3.50. The fourth-order valence-electron chi connectivity index (χ4n) is 0.906. The van der Waals surface area contributed by atoms with Gasteiger partial charge in [0.05, 0.1) is 6.61 Å². The molecule has 0 aliphatic carbocycles. The van der Waals surface area contributed by atoms with Crippen molar-refractivity contribution in [2.75, 3.05) is 26.8 Å². The van der Waals surface area contributed by atoms with Gasteiger partial charge in [0, 0.05) is 19.7 Å². The molecule has 0 aromatic carbocycles. The summed E-state index contributed by atoms with van der Waals surface area (Å²) in [5.74, 6) is 0.141. The van der Waals surface area contributed by atoms with Crippen molar-refractivity contribution in [3.05, 3.63) is 0 Å². The van der Waals surface area contributed by atoms with Crippen LogP contribution in [-0.2, 0) is 9.53 Å². The molecule has 102 valence electrons.